The molecule has 0 spiro atoms. The highest BCUT2D eigenvalue weighted by molar-refractivity contribution is 5.91. The fourth-order valence-electron chi connectivity index (χ4n) is 1.19. The molecule has 0 aliphatic heterocycles. The molecule has 0 saturated heterocycles. The first-order chi connectivity index (χ1) is 7.98. The number of imidazole rings is 1. The van der Waals surface area contributed by atoms with Crippen LogP contribution in [0.15, 0.2) is 12.5 Å². The van der Waals surface area contributed by atoms with Gasteiger partial charge in [-0.3, -0.25) is 9.59 Å². The molecule has 17 heavy (non-hydrogen) atoms. The maximum atomic E-state index is 11.7. The van der Waals surface area contributed by atoms with Crippen molar-refractivity contribution in [1.82, 2.24) is 15.3 Å². The molecule has 0 bridgehead atoms. The van der Waals surface area contributed by atoms with Crippen LogP contribution in [0.4, 0.5) is 0 Å². The third kappa shape index (κ3) is 3.32. The van der Waals surface area contributed by atoms with Crippen LogP contribution in [0.25, 0.3) is 0 Å². The van der Waals surface area contributed by atoms with E-state index in [1.807, 2.05) is 0 Å². The van der Waals surface area contributed by atoms with Crippen LogP contribution in [0.5, 0.6) is 0 Å². The van der Waals surface area contributed by atoms with Crippen LogP contribution in [-0.4, -0.2) is 39.0 Å². The Morgan fingerprint density at radius 1 is 1.71 bits per heavy atom. The largest absolute Gasteiger partial charge is 0.480 e. The lowest BCUT2D eigenvalue weighted by Crippen LogP contribution is -2.55. The van der Waals surface area contributed by atoms with Crippen LogP contribution < -0.4 is 11.1 Å². The number of nitrogens with two attached hydrogens (primary N) is 1. The number of nitrogens with one attached hydrogen (secondary N) is 2. The van der Waals surface area contributed by atoms with Crippen LogP contribution in [0.1, 0.15) is 5.69 Å². The number of hydrogen-bond donors (Lipinski definition) is 4. The number of nitrogens with zero attached hydrogens (tertiary/aromatic N) is 1. The van der Waals surface area contributed by atoms with E-state index in [2.05, 4.69) is 21.2 Å². The van der Waals surface area contributed by atoms with E-state index in [1.54, 1.807) is 0 Å². The topological polar surface area (TPSA) is 121 Å². The maximum absolute atomic E-state index is 11.7. The van der Waals surface area contributed by atoms with Crippen molar-refractivity contribution in [2.24, 2.45) is 5.73 Å². The minimum atomic E-state index is -1.60. The summed E-state index contributed by atoms with van der Waals surface area (Å²) in [6.45, 7) is -0.525. The van der Waals surface area contributed by atoms with Gasteiger partial charge in [0.15, 0.2) is 5.54 Å². The average Bonchev–Trinajstić information content (AvgIpc) is 2.78. The van der Waals surface area contributed by atoms with E-state index < -0.39 is 24.0 Å². The summed E-state index contributed by atoms with van der Waals surface area (Å²) in [7, 11) is 0. The van der Waals surface area contributed by atoms with Gasteiger partial charge < -0.3 is 21.1 Å². The van der Waals surface area contributed by atoms with Gasteiger partial charge in [0.05, 0.1) is 6.33 Å². The number of aromatic amines is 1. The summed E-state index contributed by atoms with van der Waals surface area (Å²) in [5.74, 6) is 0.287. The smallest absolute Gasteiger partial charge is 0.322 e. The first-order valence-corrected chi connectivity index (χ1v) is 4.72. The van der Waals surface area contributed by atoms with Gasteiger partial charge in [0.25, 0.3) is 5.91 Å². The number of H-pyrrole nitrogens is 1. The summed E-state index contributed by atoms with van der Waals surface area (Å²) in [6.07, 6.45) is 8.19. The fourth-order valence-corrected chi connectivity index (χ4v) is 1.19. The quantitative estimate of drug-likeness (QED) is 0.463. The normalized spacial score (nSPS) is 13.4. The van der Waals surface area contributed by atoms with Gasteiger partial charge in [0.1, 0.15) is 6.54 Å². The van der Waals surface area contributed by atoms with Crippen molar-refractivity contribution in [2.75, 3.05) is 6.54 Å². The number of amides is 1. The molecule has 1 unspecified atom stereocenters. The van der Waals surface area contributed by atoms with Gasteiger partial charge in [-0.05, 0) is 0 Å². The van der Waals surface area contributed by atoms with Crippen LogP contribution in [-0.2, 0) is 16.0 Å². The van der Waals surface area contributed by atoms with Gasteiger partial charge in [-0.25, -0.2) is 4.98 Å². The average molecular weight is 236 g/mol. The first kappa shape index (κ1) is 12.7. The van der Waals surface area contributed by atoms with Crippen LogP contribution in [0.3, 0.4) is 0 Å². The Kier molecular flexibility index (Phi) is 3.85. The van der Waals surface area contributed by atoms with E-state index in [0.717, 1.165) is 0 Å². The minimum absolute atomic E-state index is 0.0505. The number of aliphatic carboxylic acids is 1. The Bertz CT molecular complexity index is 449. The van der Waals surface area contributed by atoms with E-state index in [0.29, 0.717) is 5.69 Å². The van der Waals surface area contributed by atoms with Crippen molar-refractivity contribution in [3.63, 3.8) is 0 Å². The van der Waals surface area contributed by atoms with E-state index in [1.165, 1.54) is 12.5 Å². The number of carboxylic acids is 1. The van der Waals surface area contributed by atoms with Gasteiger partial charge >= 0.3 is 5.97 Å². The van der Waals surface area contributed by atoms with Crippen LogP contribution in [0, 0.1) is 12.3 Å². The number of carboxylic acid groups (broad SMARTS) is 1. The van der Waals surface area contributed by atoms with Crippen molar-refractivity contribution in [2.45, 2.75) is 12.0 Å². The Hall–Kier alpha value is -2.33. The predicted octanol–water partition coefficient (Wildman–Crippen LogP) is -1.52. The van der Waals surface area contributed by atoms with E-state index in [9.17, 15) is 9.59 Å². The zero-order valence-corrected chi connectivity index (χ0v) is 8.93. The molecule has 0 radical (unpaired) electrons. The molecule has 0 aliphatic rings. The molecule has 5 N–H and O–H groups in total. The second-order valence-corrected chi connectivity index (χ2v) is 3.45. The van der Waals surface area contributed by atoms with Crippen molar-refractivity contribution < 1.29 is 14.7 Å². The molecule has 90 valence electrons. The molecule has 1 heterocycles. The second-order valence-electron chi connectivity index (χ2n) is 3.45. The highest BCUT2D eigenvalue weighted by Gasteiger charge is 2.32. The Morgan fingerprint density at radius 2 is 2.41 bits per heavy atom. The van der Waals surface area contributed by atoms with Crippen molar-refractivity contribution in [3.05, 3.63) is 18.2 Å². The van der Waals surface area contributed by atoms with Crippen molar-refractivity contribution >= 4 is 11.9 Å². The summed E-state index contributed by atoms with van der Waals surface area (Å²) in [5.41, 5.74) is 4.73. The third-order valence-corrected chi connectivity index (χ3v) is 2.09. The summed E-state index contributed by atoms with van der Waals surface area (Å²) < 4.78 is 0. The number of carbonyl (C=O) groups is 2. The zero-order valence-electron chi connectivity index (χ0n) is 8.93. The SMILES string of the molecule is C#CC(N)(Cc1cnc[nH]1)C(=O)NCC(=O)O. The maximum Gasteiger partial charge on any atom is 0.322 e. The Morgan fingerprint density at radius 3 is 2.88 bits per heavy atom. The standard InChI is InChI=1S/C10H12N4O3/c1-2-10(11,3-7-4-12-6-14-7)9(17)13-5-8(15)16/h1,4,6H,3,5,11H2,(H,12,14)(H,13,17)(H,15,16). The monoisotopic (exact) mass is 236 g/mol. The molecular weight excluding hydrogens is 224 g/mol. The Balaban J connectivity index is 2.71. The second kappa shape index (κ2) is 5.14. The van der Waals surface area contributed by atoms with E-state index in [-0.39, 0.29) is 6.42 Å². The van der Waals surface area contributed by atoms with Crippen LogP contribution >= 0.6 is 0 Å². The number of terminal acetylenes is 1. The number of carbonyl (C=O) groups excluding carboxylic acids is 1. The van der Waals surface area contributed by atoms with Gasteiger partial charge in [0.2, 0.25) is 0 Å². The summed E-state index contributed by atoms with van der Waals surface area (Å²) >= 11 is 0. The van der Waals surface area contributed by atoms with E-state index in [4.69, 9.17) is 17.3 Å². The number of rotatable bonds is 5. The predicted molar refractivity (Wildman–Crippen MR) is 58.7 cm³/mol. The third-order valence-electron chi connectivity index (χ3n) is 2.09. The molecule has 1 rings (SSSR count). The summed E-state index contributed by atoms with van der Waals surface area (Å²) in [4.78, 5) is 28.5. The van der Waals surface area contributed by atoms with Crippen molar-refractivity contribution in [3.8, 4) is 12.3 Å². The van der Waals surface area contributed by atoms with Gasteiger partial charge in [-0.2, -0.15) is 0 Å². The minimum Gasteiger partial charge on any atom is -0.480 e. The molecule has 0 aromatic carbocycles. The molecule has 1 atom stereocenters. The van der Waals surface area contributed by atoms with E-state index >= 15 is 0 Å². The summed E-state index contributed by atoms with van der Waals surface area (Å²) in [5, 5.41) is 10.6. The van der Waals surface area contributed by atoms with Gasteiger partial charge in [0, 0.05) is 18.3 Å². The number of aromatic nitrogens is 2. The Labute approximate surface area is 97.4 Å². The lowest BCUT2D eigenvalue weighted by atomic mass is 9.95. The lowest BCUT2D eigenvalue weighted by Gasteiger charge is -2.21. The van der Waals surface area contributed by atoms with Crippen LogP contribution in [0.2, 0.25) is 0 Å². The summed E-state index contributed by atoms with van der Waals surface area (Å²) in [6, 6.07) is 0. The molecular formula is C10H12N4O3. The molecule has 1 amide bonds. The molecule has 1 aromatic heterocycles. The molecule has 0 aliphatic carbocycles. The molecule has 0 saturated carbocycles. The van der Waals surface area contributed by atoms with Gasteiger partial charge in [-0.1, -0.05) is 5.92 Å². The lowest BCUT2D eigenvalue weighted by molar-refractivity contribution is -0.138. The molecule has 1 aromatic rings. The molecule has 7 heteroatoms. The molecule has 7 nitrogen and oxygen atoms in total. The van der Waals surface area contributed by atoms with Gasteiger partial charge in [-0.15, -0.1) is 6.42 Å². The molecule has 0 fully saturated rings. The first-order valence-electron chi connectivity index (χ1n) is 4.72. The number of hydrogen-bond acceptors (Lipinski definition) is 4. The highest BCUT2D eigenvalue weighted by atomic mass is 16.4. The zero-order chi connectivity index (χ0) is 12.9. The highest BCUT2D eigenvalue weighted by Crippen LogP contribution is 2.07. The van der Waals surface area contributed by atoms with Crippen molar-refractivity contribution in [1.29, 1.82) is 0 Å². The fraction of sp³-hybridized carbons (Fsp3) is 0.300.